The Morgan fingerprint density at radius 2 is 1.89 bits per heavy atom. The van der Waals surface area contributed by atoms with E-state index in [-0.39, 0.29) is 29.2 Å². The van der Waals surface area contributed by atoms with E-state index >= 15 is 0 Å². The van der Waals surface area contributed by atoms with E-state index in [0.717, 1.165) is 12.8 Å². The molecule has 0 spiro atoms. The molecule has 0 aromatic carbocycles. The highest BCUT2D eigenvalue weighted by atomic mass is 16.2. The molecule has 6 nitrogen and oxygen atoms in total. The van der Waals surface area contributed by atoms with E-state index in [1.165, 1.54) is 31.7 Å². The third kappa shape index (κ3) is 6.92. The highest BCUT2D eigenvalue weighted by Gasteiger charge is 2.28. The Kier molecular flexibility index (Phi) is 7.75. The van der Waals surface area contributed by atoms with E-state index in [0.29, 0.717) is 24.6 Å². The Morgan fingerprint density at radius 3 is 2.48 bits per heavy atom. The van der Waals surface area contributed by atoms with Crippen molar-refractivity contribution in [1.29, 1.82) is 0 Å². The summed E-state index contributed by atoms with van der Waals surface area (Å²) in [6, 6.07) is 0.103. The molecular formula is C21H34N4O2. The maximum atomic E-state index is 12.6. The predicted octanol–water partition coefficient (Wildman–Crippen LogP) is 3.34. The molecule has 0 aliphatic heterocycles. The molecule has 1 aliphatic carbocycles. The zero-order valence-corrected chi connectivity index (χ0v) is 17.1. The lowest BCUT2D eigenvalue weighted by molar-refractivity contribution is -0.123. The number of hydrogen-bond donors (Lipinski definition) is 2. The molecule has 2 atom stereocenters. The van der Waals surface area contributed by atoms with Crippen LogP contribution in [0.5, 0.6) is 0 Å². The van der Waals surface area contributed by atoms with Gasteiger partial charge in [0.1, 0.15) is 5.69 Å². The second kappa shape index (κ2) is 9.81. The number of hydrogen-bond acceptors (Lipinski definition) is 4. The van der Waals surface area contributed by atoms with E-state index < -0.39 is 0 Å². The number of aromatic nitrogens is 2. The zero-order valence-electron chi connectivity index (χ0n) is 17.1. The van der Waals surface area contributed by atoms with Crippen LogP contribution in [0.2, 0.25) is 0 Å². The number of nitrogens with zero attached hydrogens (tertiary/aromatic N) is 2. The minimum atomic E-state index is -0.229. The molecule has 2 unspecified atom stereocenters. The Labute approximate surface area is 162 Å². The monoisotopic (exact) mass is 374 g/mol. The molecule has 1 heterocycles. The van der Waals surface area contributed by atoms with Crippen molar-refractivity contribution in [2.75, 3.05) is 6.54 Å². The van der Waals surface area contributed by atoms with E-state index in [4.69, 9.17) is 0 Å². The average Bonchev–Trinajstić information content (AvgIpc) is 2.65. The van der Waals surface area contributed by atoms with Crippen LogP contribution in [-0.4, -0.2) is 34.4 Å². The van der Waals surface area contributed by atoms with Crippen molar-refractivity contribution >= 4 is 11.8 Å². The Balaban J connectivity index is 1.96. The number of carbonyl (C=O) groups excluding carboxylic acids is 2. The second-order valence-corrected chi connectivity index (χ2v) is 8.82. The molecule has 1 aromatic heterocycles. The maximum Gasteiger partial charge on any atom is 0.271 e. The highest BCUT2D eigenvalue weighted by Crippen LogP contribution is 2.31. The van der Waals surface area contributed by atoms with Crippen molar-refractivity contribution in [2.24, 2.45) is 17.3 Å². The summed E-state index contributed by atoms with van der Waals surface area (Å²) in [4.78, 5) is 32.9. The molecule has 1 aromatic rings. The Bertz CT molecular complexity index is 606. The topological polar surface area (TPSA) is 84.0 Å². The first-order valence-electron chi connectivity index (χ1n) is 10.1. The molecule has 0 bridgehead atoms. The summed E-state index contributed by atoms with van der Waals surface area (Å²) >= 11 is 0. The maximum absolute atomic E-state index is 12.6. The molecule has 2 rings (SSSR count). The zero-order chi connectivity index (χ0) is 19.9. The Hall–Kier alpha value is -1.98. The largest absolute Gasteiger partial charge is 0.353 e. The summed E-state index contributed by atoms with van der Waals surface area (Å²) in [7, 11) is 0. The van der Waals surface area contributed by atoms with E-state index in [2.05, 4.69) is 41.4 Å². The molecule has 1 aliphatic rings. The van der Waals surface area contributed by atoms with Crippen LogP contribution in [-0.2, 0) is 4.79 Å². The van der Waals surface area contributed by atoms with Gasteiger partial charge in [0.2, 0.25) is 5.91 Å². The molecule has 27 heavy (non-hydrogen) atoms. The molecule has 2 N–H and O–H groups in total. The molecule has 0 saturated heterocycles. The smallest absolute Gasteiger partial charge is 0.271 e. The molecule has 0 radical (unpaired) electrons. The van der Waals surface area contributed by atoms with Gasteiger partial charge in [-0.1, -0.05) is 52.9 Å². The van der Waals surface area contributed by atoms with Gasteiger partial charge in [-0.3, -0.25) is 14.6 Å². The van der Waals surface area contributed by atoms with Gasteiger partial charge in [0.05, 0.1) is 6.20 Å². The molecule has 1 fully saturated rings. The minimum absolute atomic E-state index is 0.0240. The van der Waals surface area contributed by atoms with E-state index in [1.54, 1.807) is 6.20 Å². The molecule has 2 amide bonds. The fourth-order valence-corrected chi connectivity index (χ4v) is 3.50. The van der Waals surface area contributed by atoms with Crippen molar-refractivity contribution < 1.29 is 9.59 Å². The number of amides is 2. The molecule has 6 heteroatoms. The number of nitrogens with one attached hydrogen (secondary N) is 2. The van der Waals surface area contributed by atoms with Gasteiger partial charge in [-0.2, -0.15) is 0 Å². The van der Waals surface area contributed by atoms with Crippen molar-refractivity contribution in [1.82, 2.24) is 20.6 Å². The minimum Gasteiger partial charge on any atom is -0.353 e. The van der Waals surface area contributed by atoms with Crippen molar-refractivity contribution in [3.63, 3.8) is 0 Å². The van der Waals surface area contributed by atoms with Gasteiger partial charge in [0.15, 0.2) is 0 Å². The first-order valence-corrected chi connectivity index (χ1v) is 10.1. The average molecular weight is 375 g/mol. The predicted molar refractivity (Wildman–Crippen MR) is 106 cm³/mol. The van der Waals surface area contributed by atoms with Crippen molar-refractivity contribution in [2.45, 2.75) is 72.3 Å². The van der Waals surface area contributed by atoms with Crippen LogP contribution in [0.25, 0.3) is 0 Å². The van der Waals surface area contributed by atoms with Crippen LogP contribution in [0.3, 0.4) is 0 Å². The van der Waals surface area contributed by atoms with Crippen LogP contribution in [0, 0.1) is 17.3 Å². The lowest BCUT2D eigenvalue weighted by atomic mass is 9.78. The summed E-state index contributed by atoms with van der Waals surface area (Å²) in [6.07, 6.45) is 10.9. The summed E-state index contributed by atoms with van der Waals surface area (Å²) in [5, 5.41) is 6.10. The van der Waals surface area contributed by atoms with Gasteiger partial charge < -0.3 is 10.6 Å². The SMILES string of the molecule is CC(NC(=O)CC(CNC(=O)c1cnccn1)C1CCCCC1)C(C)(C)C. The van der Waals surface area contributed by atoms with Gasteiger partial charge in [-0.15, -0.1) is 0 Å². The standard InChI is InChI=1S/C21H34N4O2/c1-15(21(2,3)4)25-19(26)12-17(16-8-6-5-7-9-16)13-24-20(27)18-14-22-10-11-23-18/h10-11,14-17H,5-9,12-13H2,1-4H3,(H,24,27)(H,25,26). The summed E-state index contributed by atoms with van der Waals surface area (Å²) in [5.74, 6) is 0.476. The lowest BCUT2D eigenvalue weighted by Gasteiger charge is -2.32. The van der Waals surface area contributed by atoms with Gasteiger partial charge in [-0.25, -0.2) is 4.98 Å². The van der Waals surface area contributed by atoms with Crippen LogP contribution < -0.4 is 10.6 Å². The highest BCUT2D eigenvalue weighted by molar-refractivity contribution is 5.91. The van der Waals surface area contributed by atoms with Crippen LogP contribution >= 0.6 is 0 Å². The Morgan fingerprint density at radius 1 is 1.19 bits per heavy atom. The van der Waals surface area contributed by atoms with Gasteiger partial charge in [0, 0.05) is 31.4 Å². The van der Waals surface area contributed by atoms with Crippen LogP contribution in [0.15, 0.2) is 18.6 Å². The first-order chi connectivity index (χ1) is 12.8. The molecule has 150 valence electrons. The number of carbonyl (C=O) groups is 2. The van der Waals surface area contributed by atoms with Gasteiger partial charge in [-0.05, 0) is 24.2 Å². The first kappa shape index (κ1) is 21.3. The second-order valence-electron chi connectivity index (χ2n) is 8.82. The fraction of sp³-hybridized carbons (Fsp3) is 0.714. The number of rotatable bonds is 7. The lowest BCUT2D eigenvalue weighted by Crippen LogP contribution is -2.43. The quantitative estimate of drug-likeness (QED) is 0.767. The third-order valence-corrected chi connectivity index (χ3v) is 5.76. The van der Waals surface area contributed by atoms with Crippen molar-refractivity contribution in [3.05, 3.63) is 24.3 Å². The van der Waals surface area contributed by atoms with Gasteiger partial charge in [0.25, 0.3) is 5.91 Å². The third-order valence-electron chi connectivity index (χ3n) is 5.76. The summed E-state index contributed by atoms with van der Waals surface area (Å²) in [5.41, 5.74) is 0.335. The normalized spacial score (nSPS) is 17.8. The summed E-state index contributed by atoms with van der Waals surface area (Å²) in [6.45, 7) is 8.91. The van der Waals surface area contributed by atoms with E-state index in [1.807, 2.05) is 6.92 Å². The van der Waals surface area contributed by atoms with Crippen LogP contribution in [0.1, 0.15) is 76.7 Å². The van der Waals surface area contributed by atoms with E-state index in [9.17, 15) is 9.59 Å². The van der Waals surface area contributed by atoms with Crippen molar-refractivity contribution in [3.8, 4) is 0 Å². The van der Waals surface area contributed by atoms with Crippen LogP contribution in [0.4, 0.5) is 0 Å². The molecular weight excluding hydrogens is 340 g/mol. The summed E-state index contributed by atoms with van der Waals surface area (Å²) < 4.78 is 0. The fourth-order valence-electron chi connectivity index (χ4n) is 3.50. The van der Waals surface area contributed by atoms with Gasteiger partial charge >= 0.3 is 0 Å². The molecule has 1 saturated carbocycles.